The highest BCUT2D eigenvalue weighted by molar-refractivity contribution is 6.08. The van der Waals surface area contributed by atoms with Gasteiger partial charge in [0.1, 0.15) is 0 Å². The lowest BCUT2D eigenvalue weighted by molar-refractivity contribution is -0.137. The second-order valence-electron chi connectivity index (χ2n) is 8.91. The van der Waals surface area contributed by atoms with Crippen molar-refractivity contribution >= 4 is 29.1 Å². The number of piperidine rings is 1. The largest absolute Gasteiger partial charge is 0.416 e. The molecule has 0 bridgehead atoms. The first-order chi connectivity index (χ1) is 15.2. The Morgan fingerprint density at radius 2 is 1.79 bits per heavy atom. The number of fused-ring (bicyclic) bond motifs is 1. The number of alkyl halides is 3. The maximum atomic E-state index is 13.0. The minimum absolute atomic E-state index is 0. The first-order valence-electron chi connectivity index (χ1n) is 11.2. The highest BCUT2D eigenvalue weighted by Gasteiger charge is 2.31. The highest BCUT2D eigenvalue weighted by atomic mass is 35.5. The summed E-state index contributed by atoms with van der Waals surface area (Å²) in [5, 5.41) is 1.00. The van der Waals surface area contributed by atoms with Crippen molar-refractivity contribution in [2.24, 2.45) is 13.0 Å². The van der Waals surface area contributed by atoms with Crippen LogP contribution in [0.4, 0.5) is 13.2 Å². The summed E-state index contributed by atoms with van der Waals surface area (Å²) in [5.41, 5.74) is 1.96. The molecule has 2 aromatic carbocycles. The molecule has 1 atom stereocenters. The molecule has 3 nitrogen and oxygen atoms in total. The van der Waals surface area contributed by atoms with Crippen molar-refractivity contribution in [1.82, 2.24) is 9.47 Å². The van der Waals surface area contributed by atoms with E-state index in [0.717, 1.165) is 54.9 Å². The molecular weight excluding hydrogens is 449 g/mol. The van der Waals surface area contributed by atoms with Crippen LogP contribution in [-0.4, -0.2) is 28.3 Å². The second-order valence-corrected chi connectivity index (χ2v) is 8.91. The van der Waals surface area contributed by atoms with Crippen molar-refractivity contribution in [2.45, 2.75) is 44.8 Å². The van der Waals surface area contributed by atoms with E-state index in [1.807, 2.05) is 49.0 Å². The lowest BCUT2D eigenvalue weighted by atomic mass is 9.89. The topological polar surface area (TPSA) is 25.2 Å². The SMILES string of the molecule is CC(c1cccc(C(F)(F)F)c1)N1CCC(CCC(=O)c2cn(C)c3ccccc23)CC1.Cl. The number of benzene rings is 2. The van der Waals surface area contributed by atoms with Gasteiger partial charge < -0.3 is 4.57 Å². The summed E-state index contributed by atoms with van der Waals surface area (Å²) in [6.07, 6.45) is 0.916. The van der Waals surface area contributed by atoms with Gasteiger partial charge in [-0.2, -0.15) is 13.2 Å². The zero-order valence-corrected chi connectivity index (χ0v) is 19.8. The normalized spacial score (nSPS) is 16.5. The molecule has 0 saturated carbocycles. The van der Waals surface area contributed by atoms with Crippen LogP contribution in [-0.2, 0) is 13.2 Å². The second kappa shape index (κ2) is 10.3. The number of aromatic nitrogens is 1. The number of halogens is 4. The van der Waals surface area contributed by atoms with Gasteiger partial charge in [0, 0.05) is 42.2 Å². The number of Topliss-reactive ketones (excluding diaryl/α,β-unsaturated/α-hetero) is 1. The van der Waals surface area contributed by atoms with E-state index in [0.29, 0.717) is 17.9 Å². The van der Waals surface area contributed by atoms with Crippen molar-refractivity contribution in [3.8, 4) is 0 Å². The summed E-state index contributed by atoms with van der Waals surface area (Å²) in [6, 6.07) is 13.5. The number of aryl methyl sites for hydroxylation is 1. The molecule has 1 aromatic heterocycles. The fourth-order valence-electron chi connectivity index (χ4n) is 4.85. The fraction of sp³-hybridized carbons (Fsp3) is 0.423. The Hall–Kier alpha value is -2.31. The van der Waals surface area contributed by atoms with Gasteiger partial charge in [-0.05, 0) is 69.0 Å². The molecule has 0 amide bonds. The molecule has 178 valence electrons. The molecule has 0 aliphatic carbocycles. The third kappa shape index (κ3) is 5.61. The van der Waals surface area contributed by atoms with Gasteiger partial charge in [-0.15, -0.1) is 12.4 Å². The number of hydrogen-bond donors (Lipinski definition) is 0. The average Bonchev–Trinajstić information content (AvgIpc) is 3.14. The van der Waals surface area contributed by atoms with E-state index < -0.39 is 11.7 Å². The van der Waals surface area contributed by atoms with Crippen molar-refractivity contribution in [1.29, 1.82) is 0 Å². The molecule has 7 heteroatoms. The smallest absolute Gasteiger partial charge is 0.350 e. The molecule has 0 spiro atoms. The van der Waals surface area contributed by atoms with Crippen LogP contribution in [0.3, 0.4) is 0 Å². The quantitative estimate of drug-likeness (QED) is 0.354. The number of rotatable bonds is 6. The van der Waals surface area contributed by atoms with Crippen LogP contribution in [0.2, 0.25) is 0 Å². The Kier molecular flexibility index (Phi) is 7.91. The van der Waals surface area contributed by atoms with Gasteiger partial charge in [0.25, 0.3) is 0 Å². The molecule has 1 saturated heterocycles. The standard InChI is InChI=1S/C26H29F3N2O.ClH/c1-18(20-6-5-7-21(16-20)26(27,28)29)31-14-12-19(13-15-31)10-11-25(32)23-17-30(2)24-9-4-3-8-22(23)24;/h3-9,16-19H,10-15H2,1-2H3;1H. The highest BCUT2D eigenvalue weighted by Crippen LogP contribution is 2.34. The molecule has 33 heavy (non-hydrogen) atoms. The Morgan fingerprint density at radius 1 is 1.09 bits per heavy atom. The van der Waals surface area contributed by atoms with Gasteiger partial charge in [-0.1, -0.05) is 30.3 Å². The monoisotopic (exact) mass is 478 g/mol. The van der Waals surface area contributed by atoms with Crippen LogP contribution in [0.25, 0.3) is 10.9 Å². The van der Waals surface area contributed by atoms with E-state index >= 15 is 0 Å². The van der Waals surface area contributed by atoms with Gasteiger partial charge in [0.05, 0.1) is 5.56 Å². The van der Waals surface area contributed by atoms with Crippen molar-refractivity contribution in [3.05, 3.63) is 71.4 Å². The van der Waals surface area contributed by atoms with Crippen molar-refractivity contribution in [3.63, 3.8) is 0 Å². The minimum Gasteiger partial charge on any atom is -0.350 e. The van der Waals surface area contributed by atoms with Gasteiger partial charge in [0.15, 0.2) is 5.78 Å². The number of carbonyl (C=O) groups is 1. The molecule has 0 radical (unpaired) electrons. The number of carbonyl (C=O) groups excluding carboxylic acids is 1. The van der Waals surface area contributed by atoms with Crippen LogP contribution in [0.15, 0.2) is 54.7 Å². The summed E-state index contributed by atoms with van der Waals surface area (Å²) in [5.74, 6) is 0.653. The predicted molar refractivity (Wildman–Crippen MR) is 128 cm³/mol. The Morgan fingerprint density at radius 3 is 2.48 bits per heavy atom. The number of ketones is 1. The van der Waals surface area contributed by atoms with Crippen molar-refractivity contribution < 1.29 is 18.0 Å². The molecule has 0 N–H and O–H groups in total. The summed E-state index contributed by atoms with van der Waals surface area (Å²) in [6.45, 7) is 3.65. The number of para-hydroxylation sites is 1. The van der Waals surface area contributed by atoms with Crippen molar-refractivity contribution in [2.75, 3.05) is 13.1 Å². The van der Waals surface area contributed by atoms with Gasteiger partial charge >= 0.3 is 6.18 Å². The fourth-order valence-corrected chi connectivity index (χ4v) is 4.85. The molecule has 2 heterocycles. The summed E-state index contributed by atoms with van der Waals surface area (Å²) >= 11 is 0. The first kappa shape index (κ1) is 25.3. The Labute approximate surface area is 199 Å². The maximum absolute atomic E-state index is 13.0. The van der Waals surface area contributed by atoms with Crippen LogP contribution in [0.1, 0.15) is 60.1 Å². The van der Waals surface area contributed by atoms with E-state index in [1.165, 1.54) is 12.1 Å². The number of likely N-dealkylation sites (tertiary alicyclic amines) is 1. The van der Waals surface area contributed by atoms with E-state index in [1.54, 1.807) is 6.07 Å². The Balaban J connectivity index is 0.00000306. The minimum atomic E-state index is -4.32. The van der Waals surface area contributed by atoms with Crippen LogP contribution in [0.5, 0.6) is 0 Å². The summed E-state index contributed by atoms with van der Waals surface area (Å²) < 4.78 is 41.1. The summed E-state index contributed by atoms with van der Waals surface area (Å²) in [7, 11) is 1.96. The van der Waals surface area contributed by atoms with Crippen LogP contribution < -0.4 is 0 Å². The first-order valence-corrected chi connectivity index (χ1v) is 11.2. The molecule has 1 aliphatic heterocycles. The lowest BCUT2D eigenvalue weighted by Gasteiger charge is -2.36. The molecule has 3 aromatic rings. The van der Waals surface area contributed by atoms with E-state index in [-0.39, 0.29) is 24.2 Å². The number of hydrogen-bond acceptors (Lipinski definition) is 2. The zero-order chi connectivity index (χ0) is 22.9. The maximum Gasteiger partial charge on any atom is 0.416 e. The molecule has 1 unspecified atom stereocenters. The number of nitrogens with zero attached hydrogens (tertiary/aromatic N) is 2. The molecular formula is C26H30ClF3N2O. The van der Waals surface area contributed by atoms with E-state index in [2.05, 4.69) is 4.90 Å². The predicted octanol–water partition coefficient (Wildman–Crippen LogP) is 7.06. The molecule has 4 rings (SSSR count). The van der Waals surface area contributed by atoms with Gasteiger partial charge in [-0.3, -0.25) is 9.69 Å². The van der Waals surface area contributed by atoms with Crippen LogP contribution >= 0.6 is 12.4 Å². The summed E-state index contributed by atoms with van der Waals surface area (Å²) in [4.78, 5) is 15.1. The third-order valence-corrected chi connectivity index (χ3v) is 6.87. The molecule has 1 fully saturated rings. The molecule has 1 aliphatic rings. The third-order valence-electron chi connectivity index (χ3n) is 6.87. The Bertz CT molecular complexity index is 1100. The van der Waals surface area contributed by atoms with Crippen LogP contribution in [0, 0.1) is 5.92 Å². The lowest BCUT2D eigenvalue weighted by Crippen LogP contribution is -2.35. The van der Waals surface area contributed by atoms with E-state index in [9.17, 15) is 18.0 Å². The average molecular weight is 479 g/mol. The van der Waals surface area contributed by atoms with E-state index in [4.69, 9.17) is 0 Å². The van der Waals surface area contributed by atoms with Gasteiger partial charge in [0.2, 0.25) is 0 Å². The zero-order valence-electron chi connectivity index (χ0n) is 18.9. The van der Waals surface area contributed by atoms with Gasteiger partial charge in [-0.25, -0.2) is 0 Å².